The van der Waals surface area contributed by atoms with Crippen molar-refractivity contribution in [1.29, 1.82) is 0 Å². The first-order valence-electron chi connectivity index (χ1n) is 16.0. The molecule has 0 heterocycles. The number of benzene rings is 4. The highest BCUT2D eigenvalue weighted by Gasteiger charge is 2.29. The fraction of sp³-hybridized carbons (Fsp3) is 0.190. The highest BCUT2D eigenvalue weighted by Crippen LogP contribution is 2.45. The van der Waals surface area contributed by atoms with E-state index in [-0.39, 0.29) is 5.92 Å². The van der Waals surface area contributed by atoms with Gasteiger partial charge in [0.1, 0.15) is 0 Å². The Morgan fingerprint density at radius 1 is 0.636 bits per heavy atom. The summed E-state index contributed by atoms with van der Waals surface area (Å²) in [6.07, 6.45) is 20.5. The van der Waals surface area contributed by atoms with E-state index in [1.165, 1.54) is 71.4 Å². The van der Waals surface area contributed by atoms with Gasteiger partial charge in [-0.15, -0.1) is 12.6 Å². The van der Waals surface area contributed by atoms with Crippen molar-refractivity contribution < 1.29 is 0 Å². The van der Waals surface area contributed by atoms with Gasteiger partial charge in [0.25, 0.3) is 0 Å². The zero-order valence-electron chi connectivity index (χ0n) is 25.0. The van der Waals surface area contributed by atoms with E-state index in [0.717, 1.165) is 44.2 Å². The van der Waals surface area contributed by atoms with Crippen molar-refractivity contribution in [1.82, 2.24) is 0 Å². The van der Waals surface area contributed by atoms with E-state index in [1.807, 2.05) is 0 Å². The molecule has 4 aliphatic rings. The summed E-state index contributed by atoms with van der Waals surface area (Å²) < 4.78 is 0. The molecule has 2 unspecified atom stereocenters. The maximum atomic E-state index is 6.76. The highest BCUT2D eigenvalue weighted by atomic mass is 32.1. The number of fused-ring (bicyclic) bond motifs is 6. The molecule has 44 heavy (non-hydrogen) atoms. The summed E-state index contributed by atoms with van der Waals surface area (Å²) >= 11 is 5.12. The summed E-state index contributed by atoms with van der Waals surface area (Å²) in [6, 6.07) is 30.5. The van der Waals surface area contributed by atoms with Crippen LogP contribution in [0.1, 0.15) is 70.9 Å². The number of hydrogen-bond donors (Lipinski definition) is 2. The first-order valence-corrected chi connectivity index (χ1v) is 16.5. The van der Waals surface area contributed by atoms with E-state index in [2.05, 4.69) is 121 Å². The first-order chi connectivity index (χ1) is 21.7. The molecule has 0 spiro atoms. The lowest BCUT2D eigenvalue weighted by Crippen LogP contribution is -2.20. The molecule has 0 radical (unpaired) electrons. The second-order valence-electron chi connectivity index (χ2n) is 12.6. The van der Waals surface area contributed by atoms with E-state index < -0.39 is 0 Å². The number of rotatable bonds is 4. The Hall–Kier alpha value is -4.27. The second kappa shape index (κ2) is 11.3. The predicted octanol–water partition coefficient (Wildman–Crippen LogP) is 10.4. The minimum Gasteiger partial charge on any atom is -0.402 e. The van der Waals surface area contributed by atoms with Gasteiger partial charge in [-0.05, 0) is 116 Å². The lowest BCUT2D eigenvalue weighted by Gasteiger charge is -2.31. The zero-order valence-corrected chi connectivity index (χ0v) is 25.9. The molecule has 0 amide bonds. The molecule has 0 saturated carbocycles. The van der Waals surface area contributed by atoms with E-state index >= 15 is 0 Å². The van der Waals surface area contributed by atoms with Crippen LogP contribution in [0.25, 0.3) is 22.9 Å². The number of nitrogens with two attached hydrogens (primary N) is 1. The van der Waals surface area contributed by atoms with Gasteiger partial charge in [0.15, 0.2) is 0 Å². The van der Waals surface area contributed by atoms with Crippen LogP contribution in [0.15, 0.2) is 142 Å². The summed E-state index contributed by atoms with van der Waals surface area (Å²) in [5.74, 6) is 0.542. The van der Waals surface area contributed by atoms with Crippen molar-refractivity contribution in [2.45, 2.75) is 50.4 Å². The minimum atomic E-state index is 0.222. The Morgan fingerprint density at radius 2 is 1.27 bits per heavy atom. The standard InChI is InChI=1S/C42H37NS/c43-41-26-40-35-18-8-7-17-34(35)38-24-30(21-22-36(38)39(40)25-37(41)28-13-5-2-6-14-28)29-15-9-16-31(23-29)33-20-10-19-32(42(33)44)27-11-3-1-4-12-27/h1-8,10-14,16-18,20,23-24,26,32,37,44H,9,15,19,21-22,25,43H2. The molecule has 2 N–H and O–H groups in total. The average molecular weight is 588 g/mol. The molecule has 216 valence electrons. The van der Waals surface area contributed by atoms with Crippen molar-refractivity contribution in [2.24, 2.45) is 5.73 Å². The molecular formula is C42H37NS. The Labute approximate surface area is 266 Å². The minimum absolute atomic E-state index is 0.222. The van der Waals surface area contributed by atoms with Gasteiger partial charge in [0, 0.05) is 17.5 Å². The molecule has 0 aromatic heterocycles. The normalized spacial score (nSPS) is 21.2. The predicted molar refractivity (Wildman–Crippen MR) is 190 cm³/mol. The van der Waals surface area contributed by atoms with Gasteiger partial charge in [-0.1, -0.05) is 115 Å². The summed E-state index contributed by atoms with van der Waals surface area (Å²) in [4.78, 5) is 1.18. The number of allylic oxidation sites excluding steroid dienone is 10. The fourth-order valence-electron chi connectivity index (χ4n) is 7.87. The Balaban J connectivity index is 1.19. The van der Waals surface area contributed by atoms with Gasteiger partial charge in [0.2, 0.25) is 0 Å². The van der Waals surface area contributed by atoms with Crippen molar-refractivity contribution >= 4 is 35.6 Å². The van der Waals surface area contributed by atoms with Crippen LogP contribution in [0.2, 0.25) is 0 Å². The van der Waals surface area contributed by atoms with Crippen LogP contribution in [0.3, 0.4) is 0 Å². The summed E-state index contributed by atoms with van der Waals surface area (Å²) in [5.41, 5.74) is 21.7. The third kappa shape index (κ3) is 4.73. The average Bonchev–Trinajstić information content (AvgIpc) is 3.09. The third-order valence-electron chi connectivity index (χ3n) is 10.1. The molecule has 0 bridgehead atoms. The van der Waals surface area contributed by atoms with Crippen molar-refractivity contribution in [3.8, 4) is 0 Å². The molecule has 4 aliphatic carbocycles. The topological polar surface area (TPSA) is 26.0 Å². The molecular weight excluding hydrogens is 551 g/mol. The van der Waals surface area contributed by atoms with Crippen LogP contribution in [0.4, 0.5) is 0 Å². The molecule has 2 heteroatoms. The molecule has 2 atom stereocenters. The molecule has 4 aromatic rings. The van der Waals surface area contributed by atoms with Gasteiger partial charge < -0.3 is 5.73 Å². The SMILES string of the molecule is NC1=Cc2c(c3c(c4ccccc24)C=C(C2=CC(C4=C(S)C(c5ccccc5)CC=C4)=CCC2)CC3)CC1c1ccccc1. The van der Waals surface area contributed by atoms with Crippen LogP contribution in [-0.2, 0) is 12.8 Å². The van der Waals surface area contributed by atoms with Crippen molar-refractivity contribution in [3.05, 3.63) is 176 Å². The number of hydrogen-bond acceptors (Lipinski definition) is 2. The molecule has 0 aliphatic heterocycles. The van der Waals surface area contributed by atoms with Crippen molar-refractivity contribution in [2.75, 3.05) is 0 Å². The lowest BCUT2D eigenvalue weighted by atomic mass is 9.74. The van der Waals surface area contributed by atoms with Gasteiger partial charge in [-0.25, -0.2) is 0 Å². The smallest absolute Gasteiger partial charge is 0.0276 e. The van der Waals surface area contributed by atoms with E-state index in [9.17, 15) is 0 Å². The van der Waals surface area contributed by atoms with Gasteiger partial charge >= 0.3 is 0 Å². The van der Waals surface area contributed by atoms with E-state index in [1.54, 1.807) is 0 Å². The van der Waals surface area contributed by atoms with Gasteiger partial charge in [-0.3, -0.25) is 0 Å². The van der Waals surface area contributed by atoms with Crippen LogP contribution in [-0.4, -0.2) is 0 Å². The van der Waals surface area contributed by atoms with Crippen LogP contribution in [0, 0.1) is 0 Å². The van der Waals surface area contributed by atoms with Gasteiger partial charge in [0.05, 0.1) is 0 Å². The Bertz CT molecular complexity index is 1970. The van der Waals surface area contributed by atoms with E-state index in [4.69, 9.17) is 18.4 Å². The summed E-state index contributed by atoms with van der Waals surface area (Å²) in [5, 5.41) is 2.66. The second-order valence-corrected chi connectivity index (χ2v) is 13.1. The zero-order chi connectivity index (χ0) is 29.6. The Morgan fingerprint density at radius 3 is 2.00 bits per heavy atom. The largest absolute Gasteiger partial charge is 0.402 e. The fourth-order valence-corrected chi connectivity index (χ4v) is 8.33. The van der Waals surface area contributed by atoms with Crippen LogP contribution >= 0.6 is 12.6 Å². The van der Waals surface area contributed by atoms with Gasteiger partial charge in [-0.2, -0.15) is 0 Å². The quantitative estimate of drug-likeness (QED) is 0.228. The summed E-state index contributed by atoms with van der Waals surface area (Å²) in [6.45, 7) is 0. The third-order valence-corrected chi connectivity index (χ3v) is 10.7. The Kier molecular flexibility index (Phi) is 7.03. The highest BCUT2D eigenvalue weighted by molar-refractivity contribution is 7.84. The molecule has 0 saturated heterocycles. The molecule has 8 rings (SSSR count). The molecule has 1 nitrogen and oxygen atoms in total. The lowest BCUT2D eigenvalue weighted by molar-refractivity contribution is 0.754. The maximum Gasteiger partial charge on any atom is 0.0276 e. The van der Waals surface area contributed by atoms with E-state index in [0.29, 0.717) is 5.92 Å². The first kappa shape index (κ1) is 27.3. The monoisotopic (exact) mass is 587 g/mol. The van der Waals surface area contributed by atoms with Crippen LogP contribution in [0.5, 0.6) is 0 Å². The molecule has 4 aromatic carbocycles. The molecule has 0 fully saturated rings. The summed E-state index contributed by atoms with van der Waals surface area (Å²) in [7, 11) is 0. The maximum absolute atomic E-state index is 6.76. The number of thiol groups is 1. The van der Waals surface area contributed by atoms with Crippen molar-refractivity contribution in [3.63, 3.8) is 0 Å². The van der Waals surface area contributed by atoms with Crippen LogP contribution < -0.4 is 5.73 Å².